The maximum atomic E-state index is 14.5. The lowest BCUT2D eigenvalue weighted by Gasteiger charge is -2.31. The van der Waals surface area contributed by atoms with E-state index in [1.54, 1.807) is 6.92 Å². The first-order chi connectivity index (χ1) is 14.3. The second kappa shape index (κ2) is 8.31. The molecule has 2 aromatic rings. The molecule has 31 heavy (non-hydrogen) atoms. The summed E-state index contributed by atoms with van der Waals surface area (Å²) in [6.45, 7) is 5.57. The van der Waals surface area contributed by atoms with Crippen LogP contribution in [0.2, 0.25) is 5.02 Å². The van der Waals surface area contributed by atoms with Crippen molar-refractivity contribution in [3.05, 3.63) is 52.6 Å². The van der Waals surface area contributed by atoms with Gasteiger partial charge in [0.1, 0.15) is 11.3 Å². The minimum Gasteiger partial charge on any atom is -0.329 e. The van der Waals surface area contributed by atoms with Gasteiger partial charge < -0.3 is 4.90 Å². The zero-order valence-electron chi connectivity index (χ0n) is 17.1. The Kier molecular flexibility index (Phi) is 6.25. The van der Waals surface area contributed by atoms with E-state index >= 15 is 0 Å². The van der Waals surface area contributed by atoms with E-state index in [2.05, 4.69) is 11.7 Å². The summed E-state index contributed by atoms with van der Waals surface area (Å²) in [4.78, 5) is 14.5. The van der Waals surface area contributed by atoms with Crippen LogP contribution >= 0.6 is 11.6 Å². The SMILES string of the molecule is C=C(c1cc(S(C)(=O)=O)ccc1Cl)C(C)N(C(=O)c1c(C(F)F)nn(C)c1F)C1CC1. The molecule has 1 aromatic carbocycles. The molecule has 0 saturated heterocycles. The summed E-state index contributed by atoms with van der Waals surface area (Å²) in [5.41, 5.74) is -1.10. The molecular formula is C20H21ClF3N3O3S. The number of sulfone groups is 1. The van der Waals surface area contributed by atoms with Crippen molar-refractivity contribution in [2.75, 3.05) is 6.26 Å². The lowest BCUT2D eigenvalue weighted by Crippen LogP contribution is -2.41. The summed E-state index contributed by atoms with van der Waals surface area (Å²) < 4.78 is 65.7. The van der Waals surface area contributed by atoms with Crippen LogP contribution in [-0.4, -0.2) is 47.3 Å². The third kappa shape index (κ3) is 4.50. The van der Waals surface area contributed by atoms with E-state index in [9.17, 15) is 26.4 Å². The Hall–Kier alpha value is -2.33. The number of rotatable bonds is 7. The Morgan fingerprint density at radius 1 is 1.35 bits per heavy atom. The first-order valence-corrected chi connectivity index (χ1v) is 11.6. The van der Waals surface area contributed by atoms with Crippen molar-refractivity contribution >= 4 is 32.9 Å². The van der Waals surface area contributed by atoms with Crippen LogP contribution in [0.3, 0.4) is 0 Å². The fraction of sp³-hybridized carbons (Fsp3) is 0.400. The molecule has 0 aliphatic heterocycles. The molecule has 0 spiro atoms. The normalized spacial score (nSPS) is 15.2. The standard InChI is InChI=1S/C20H21ClF3N3O3S/c1-10(14-9-13(31(4,29)30)7-8-15(14)21)11(2)27(12-5-6-12)20(28)16-17(18(22)23)25-26(3)19(16)24/h7-9,11-12,18H,1,5-6H2,2-4H3. The van der Waals surface area contributed by atoms with Gasteiger partial charge in [0.15, 0.2) is 9.84 Å². The number of nitrogens with zero attached hydrogens (tertiary/aromatic N) is 3. The second-order valence-electron chi connectivity index (χ2n) is 7.53. The summed E-state index contributed by atoms with van der Waals surface area (Å²) in [5.74, 6) is -2.08. The van der Waals surface area contributed by atoms with Gasteiger partial charge in [-0.15, -0.1) is 0 Å². The van der Waals surface area contributed by atoms with E-state index in [1.165, 1.54) is 23.1 Å². The van der Waals surface area contributed by atoms with Crippen molar-refractivity contribution in [1.82, 2.24) is 14.7 Å². The summed E-state index contributed by atoms with van der Waals surface area (Å²) >= 11 is 6.25. The van der Waals surface area contributed by atoms with Gasteiger partial charge in [-0.1, -0.05) is 18.2 Å². The van der Waals surface area contributed by atoms with Crippen molar-refractivity contribution in [2.45, 2.75) is 43.2 Å². The van der Waals surface area contributed by atoms with E-state index in [0.29, 0.717) is 28.7 Å². The molecule has 3 rings (SSSR count). The number of amides is 1. The van der Waals surface area contributed by atoms with Gasteiger partial charge in [-0.3, -0.25) is 4.79 Å². The molecule has 1 heterocycles. The largest absolute Gasteiger partial charge is 0.329 e. The Bertz CT molecular complexity index is 1160. The Morgan fingerprint density at radius 3 is 2.48 bits per heavy atom. The van der Waals surface area contributed by atoms with E-state index in [-0.39, 0.29) is 16.0 Å². The highest BCUT2D eigenvalue weighted by Gasteiger charge is 2.41. The van der Waals surface area contributed by atoms with Gasteiger partial charge in [0.25, 0.3) is 12.3 Å². The molecule has 0 bridgehead atoms. The van der Waals surface area contributed by atoms with E-state index in [0.717, 1.165) is 13.3 Å². The van der Waals surface area contributed by atoms with Crippen molar-refractivity contribution in [1.29, 1.82) is 0 Å². The van der Waals surface area contributed by atoms with Gasteiger partial charge in [-0.2, -0.15) is 9.49 Å². The molecule has 1 unspecified atom stereocenters. The van der Waals surface area contributed by atoms with E-state index in [1.807, 2.05) is 0 Å². The molecule has 1 fully saturated rings. The maximum absolute atomic E-state index is 14.5. The van der Waals surface area contributed by atoms with Crippen LogP contribution in [-0.2, 0) is 16.9 Å². The Morgan fingerprint density at radius 2 is 1.97 bits per heavy atom. The molecule has 1 aliphatic carbocycles. The van der Waals surface area contributed by atoms with Gasteiger partial charge in [0.2, 0.25) is 5.95 Å². The molecule has 0 N–H and O–H groups in total. The van der Waals surface area contributed by atoms with Gasteiger partial charge in [0.05, 0.1) is 10.9 Å². The lowest BCUT2D eigenvalue weighted by molar-refractivity contribution is 0.0698. The second-order valence-corrected chi connectivity index (χ2v) is 9.96. The van der Waals surface area contributed by atoms with Crippen molar-refractivity contribution in [3.8, 4) is 0 Å². The van der Waals surface area contributed by atoms with Crippen LogP contribution in [0.4, 0.5) is 13.2 Å². The minimum atomic E-state index is -3.53. The molecule has 1 aliphatic rings. The first kappa shape index (κ1) is 23.3. The van der Waals surface area contributed by atoms with E-state index < -0.39 is 45.4 Å². The van der Waals surface area contributed by atoms with Crippen LogP contribution in [0.25, 0.3) is 5.57 Å². The third-order valence-corrected chi connectivity index (χ3v) is 6.67. The Labute approximate surface area is 183 Å². The monoisotopic (exact) mass is 475 g/mol. The number of hydrogen-bond donors (Lipinski definition) is 0. The molecule has 1 amide bonds. The van der Waals surface area contributed by atoms with Crippen LogP contribution in [0.5, 0.6) is 0 Å². The summed E-state index contributed by atoms with van der Waals surface area (Å²) in [5, 5.41) is 3.66. The van der Waals surface area contributed by atoms with Gasteiger partial charge in [-0.05, 0) is 49.1 Å². The zero-order chi connectivity index (χ0) is 23.2. The minimum absolute atomic E-state index is 0.0165. The zero-order valence-corrected chi connectivity index (χ0v) is 18.6. The summed E-state index contributed by atoms with van der Waals surface area (Å²) in [7, 11) is -2.39. The van der Waals surface area contributed by atoms with Gasteiger partial charge in [0, 0.05) is 24.4 Å². The molecule has 6 nitrogen and oxygen atoms in total. The predicted molar refractivity (Wildman–Crippen MR) is 110 cm³/mol. The quantitative estimate of drug-likeness (QED) is 0.600. The smallest absolute Gasteiger partial charge is 0.283 e. The lowest BCUT2D eigenvalue weighted by atomic mass is 9.99. The molecule has 1 aromatic heterocycles. The van der Waals surface area contributed by atoms with Crippen molar-refractivity contribution < 1.29 is 26.4 Å². The fourth-order valence-electron chi connectivity index (χ4n) is 3.39. The molecule has 1 saturated carbocycles. The summed E-state index contributed by atoms with van der Waals surface area (Å²) in [6.07, 6.45) is -0.850. The van der Waals surface area contributed by atoms with Crippen molar-refractivity contribution in [3.63, 3.8) is 0 Å². The number of aryl methyl sites for hydroxylation is 1. The molecule has 11 heteroatoms. The van der Waals surface area contributed by atoms with Crippen LogP contribution in [0.1, 0.15) is 47.8 Å². The number of halogens is 4. The predicted octanol–water partition coefficient (Wildman–Crippen LogP) is 4.26. The number of benzene rings is 1. The summed E-state index contributed by atoms with van der Waals surface area (Å²) in [6, 6.07) is 3.05. The Balaban J connectivity index is 2.02. The van der Waals surface area contributed by atoms with Gasteiger partial charge in [-0.25, -0.2) is 21.9 Å². The highest BCUT2D eigenvalue weighted by atomic mass is 35.5. The molecular weight excluding hydrogens is 455 g/mol. The number of carbonyl (C=O) groups excluding carboxylic acids is 1. The number of hydrogen-bond acceptors (Lipinski definition) is 4. The third-order valence-electron chi connectivity index (χ3n) is 5.23. The van der Waals surface area contributed by atoms with E-state index in [4.69, 9.17) is 11.6 Å². The highest BCUT2D eigenvalue weighted by molar-refractivity contribution is 7.90. The first-order valence-electron chi connectivity index (χ1n) is 9.36. The average molecular weight is 476 g/mol. The number of aromatic nitrogens is 2. The molecule has 168 valence electrons. The van der Waals surface area contributed by atoms with Crippen molar-refractivity contribution in [2.24, 2.45) is 7.05 Å². The number of carbonyl (C=O) groups is 1. The maximum Gasteiger partial charge on any atom is 0.283 e. The van der Waals surface area contributed by atoms with Crippen LogP contribution in [0.15, 0.2) is 29.7 Å². The van der Waals surface area contributed by atoms with Gasteiger partial charge >= 0.3 is 0 Å². The molecule has 1 atom stereocenters. The average Bonchev–Trinajstić information content (AvgIpc) is 3.45. The highest BCUT2D eigenvalue weighted by Crippen LogP contribution is 2.37. The van der Waals surface area contributed by atoms with Crippen LogP contribution in [0, 0.1) is 5.95 Å². The number of alkyl halides is 2. The molecule has 0 radical (unpaired) electrons. The fourth-order valence-corrected chi connectivity index (χ4v) is 4.27. The van der Waals surface area contributed by atoms with Crippen LogP contribution < -0.4 is 0 Å². The topological polar surface area (TPSA) is 72.3 Å².